The van der Waals surface area contributed by atoms with Crippen molar-refractivity contribution in [2.45, 2.75) is 33.6 Å². The lowest BCUT2D eigenvalue weighted by Crippen LogP contribution is -2.47. The van der Waals surface area contributed by atoms with Crippen molar-refractivity contribution in [2.75, 3.05) is 50.8 Å². The van der Waals surface area contributed by atoms with E-state index in [9.17, 15) is 24.1 Å². The number of para-hydroxylation sites is 1. The van der Waals surface area contributed by atoms with E-state index in [1.165, 1.54) is 18.2 Å². The molecule has 11 heteroatoms. The van der Waals surface area contributed by atoms with E-state index in [1.807, 2.05) is 13.8 Å². The third kappa shape index (κ3) is 7.14. The third-order valence-electron chi connectivity index (χ3n) is 7.40. The fourth-order valence-corrected chi connectivity index (χ4v) is 5.29. The maximum Gasteiger partial charge on any atom is 0.336 e. The second-order valence-corrected chi connectivity index (χ2v) is 10.9. The number of carbonyl (C=O) groups is 2. The minimum absolute atomic E-state index is 0.0789. The number of allylic oxidation sites excluding steroid dienone is 2. The second-order valence-electron chi connectivity index (χ2n) is 10.9. The van der Waals surface area contributed by atoms with E-state index < -0.39 is 22.8 Å². The molecular formula is C31H37FN4O6. The van der Waals surface area contributed by atoms with Gasteiger partial charge in [0.05, 0.1) is 28.6 Å². The Bertz CT molecular complexity index is 1380. The van der Waals surface area contributed by atoms with Crippen molar-refractivity contribution in [1.29, 1.82) is 0 Å². The first kappa shape index (κ1) is 30.7. The molecule has 0 bridgehead atoms. The molecule has 0 amide bonds. The predicted molar refractivity (Wildman–Crippen MR) is 156 cm³/mol. The van der Waals surface area contributed by atoms with Crippen LogP contribution in [0.25, 0.3) is 0 Å². The fourth-order valence-electron chi connectivity index (χ4n) is 5.29. The Labute approximate surface area is 244 Å². The predicted octanol–water partition coefficient (Wildman–Crippen LogP) is 4.53. The number of carbonyl (C=O) groups excluding carboxylic acids is 2. The highest BCUT2D eigenvalue weighted by Gasteiger charge is 2.41. The molecule has 1 N–H and O–H groups in total. The van der Waals surface area contributed by atoms with E-state index in [0.29, 0.717) is 17.9 Å². The van der Waals surface area contributed by atoms with E-state index >= 15 is 0 Å². The smallest absolute Gasteiger partial charge is 0.336 e. The van der Waals surface area contributed by atoms with Crippen LogP contribution in [0, 0.1) is 21.8 Å². The average Bonchev–Trinajstić information content (AvgIpc) is 2.96. The highest BCUT2D eigenvalue weighted by Crippen LogP contribution is 2.42. The van der Waals surface area contributed by atoms with Gasteiger partial charge in [0.15, 0.2) is 0 Å². The Morgan fingerprint density at radius 3 is 2.17 bits per heavy atom. The summed E-state index contributed by atoms with van der Waals surface area (Å²) in [6, 6.07) is 12.5. The van der Waals surface area contributed by atoms with E-state index in [-0.39, 0.29) is 47.3 Å². The zero-order valence-electron chi connectivity index (χ0n) is 24.4. The number of esters is 2. The molecule has 0 aliphatic carbocycles. The SMILES string of the molecule is CC1=C(C(=O)OCCN2CCN(c3ccc(F)cc3)CC2)C(c2ccccc2[N+](=O)[O-])C(C(=O)OCC(C)C)=C(C)N1. The number of anilines is 1. The Kier molecular flexibility index (Phi) is 9.95. The van der Waals surface area contributed by atoms with Crippen molar-refractivity contribution in [2.24, 2.45) is 5.92 Å². The van der Waals surface area contributed by atoms with E-state index in [1.54, 1.807) is 44.2 Å². The number of hydrogen-bond acceptors (Lipinski definition) is 9. The Morgan fingerprint density at radius 1 is 0.976 bits per heavy atom. The number of ether oxygens (including phenoxy) is 2. The Balaban J connectivity index is 1.49. The molecule has 1 atom stereocenters. The van der Waals surface area contributed by atoms with Gasteiger partial charge >= 0.3 is 11.9 Å². The average molecular weight is 581 g/mol. The molecule has 224 valence electrons. The Morgan fingerprint density at radius 2 is 1.57 bits per heavy atom. The molecule has 0 spiro atoms. The maximum absolute atomic E-state index is 13.6. The molecule has 1 fully saturated rings. The van der Waals surface area contributed by atoms with Crippen LogP contribution in [-0.2, 0) is 19.1 Å². The lowest BCUT2D eigenvalue weighted by molar-refractivity contribution is -0.385. The van der Waals surface area contributed by atoms with Gasteiger partial charge in [0.2, 0.25) is 0 Å². The molecule has 2 aliphatic rings. The van der Waals surface area contributed by atoms with Gasteiger partial charge in [-0.3, -0.25) is 15.0 Å². The molecule has 42 heavy (non-hydrogen) atoms. The summed E-state index contributed by atoms with van der Waals surface area (Å²) in [4.78, 5) is 42.7. The molecule has 0 saturated carbocycles. The van der Waals surface area contributed by atoms with Crippen LogP contribution in [0.5, 0.6) is 0 Å². The highest BCUT2D eigenvalue weighted by molar-refractivity contribution is 6.00. The van der Waals surface area contributed by atoms with Crippen molar-refractivity contribution < 1.29 is 28.4 Å². The molecule has 2 aliphatic heterocycles. The van der Waals surface area contributed by atoms with Gasteiger partial charge < -0.3 is 19.7 Å². The number of piperazine rings is 1. The molecule has 0 radical (unpaired) electrons. The van der Waals surface area contributed by atoms with Crippen LogP contribution < -0.4 is 10.2 Å². The zero-order chi connectivity index (χ0) is 30.4. The van der Waals surface area contributed by atoms with E-state index in [4.69, 9.17) is 9.47 Å². The first-order valence-corrected chi connectivity index (χ1v) is 14.1. The normalized spacial score (nSPS) is 17.8. The van der Waals surface area contributed by atoms with Crippen molar-refractivity contribution in [3.05, 3.63) is 92.6 Å². The largest absolute Gasteiger partial charge is 0.462 e. The summed E-state index contributed by atoms with van der Waals surface area (Å²) in [6.45, 7) is 10.9. The number of halogens is 1. The summed E-state index contributed by atoms with van der Waals surface area (Å²) >= 11 is 0. The van der Waals surface area contributed by atoms with Crippen LogP contribution in [0.15, 0.2) is 71.1 Å². The fraction of sp³-hybridized carbons (Fsp3) is 0.419. The summed E-state index contributed by atoms with van der Waals surface area (Å²) in [5, 5.41) is 15.1. The van der Waals surface area contributed by atoms with Crippen molar-refractivity contribution in [3.8, 4) is 0 Å². The standard InChI is InChI=1S/C31H37FN4O6/c1-20(2)19-42-31(38)28-22(4)33-21(3)27(29(28)25-7-5-6-8-26(25)36(39)40)30(37)41-18-17-34-13-15-35(16-14-34)24-11-9-23(32)10-12-24/h5-12,20,29,33H,13-19H2,1-4H3. The van der Waals surface area contributed by atoms with E-state index in [0.717, 1.165) is 31.9 Å². The maximum atomic E-state index is 13.6. The number of rotatable bonds is 10. The Hall–Kier alpha value is -4.25. The number of nitrogens with zero attached hydrogens (tertiary/aromatic N) is 3. The quantitative estimate of drug-likeness (QED) is 0.246. The summed E-state index contributed by atoms with van der Waals surface area (Å²) in [7, 11) is 0. The topological polar surface area (TPSA) is 114 Å². The van der Waals surface area contributed by atoms with Gasteiger partial charge in [-0.2, -0.15) is 0 Å². The summed E-state index contributed by atoms with van der Waals surface area (Å²) in [5.74, 6) is -2.54. The van der Waals surface area contributed by atoms with E-state index in [2.05, 4.69) is 15.1 Å². The molecule has 2 aromatic rings. The molecule has 2 heterocycles. The summed E-state index contributed by atoms with van der Waals surface area (Å²) in [5.41, 5.74) is 2.15. The van der Waals surface area contributed by atoms with Crippen LogP contribution in [0.2, 0.25) is 0 Å². The molecule has 2 aromatic carbocycles. The number of benzene rings is 2. The number of nitro benzene ring substituents is 1. The summed E-state index contributed by atoms with van der Waals surface area (Å²) in [6.07, 6.45) is 0. The van der Waals surface area contributed by atoms with Crippen molar-refractivity contribution >= 4 is 23.3 Å². The molecule has 0 aromatic heterocycles. The molecule has 10 nitrogen and oxygen atoms in total. The van der Waals surface area contributed by atoms with Gasteiger partial charge in [-0.25, -0.2) is 14.0 Å². The number of nitrogens with one attached hydrogen (secondary N) is 1. The van der Waals surface area contributed by atoms with Crippen molar-refractivity contribution in [3.63, 3.8) is 0 Å². The number of nitro groups is 1. The van der Waals surface area contributed by atoms with Crippen LogP contribution in [0.4, 0.5) is 15.8 Å². The van der Waals surface area contributed by atoms with Gasteiger partial charge in [-0.15, -0.1) is 0 Å². The lowest BCUT2D eigenvalue weighted by Gasteiger charge is -2.36. The second kappa shape index (κ2) is 13.6. The molecular weight excluding hydrogens is 543 g/mol. The van der Waals surface area contributed by atoms with Crippen LogP contribution in [-0.4, -0.2) is 67.7 Å². The molecule has 1 saturated heterocycles. The van der Waals surface area contributed by atoms with Gasteiger partial charge in [0.25, 0.3) is 5.69 Å². The van der Waals surface area contributed by atoms with Crippen LogP contribution >= 0.6 is 0 Å². The number of hydrogen-bond donors (Lipinski definition) is 1. The van der Waals surface area contributed by atoms with Crippen LogP contribution in [0.1, 0.15) is 39.2 Å². The van der Waals surface area contributed by atoms with Gasteiger partial charge in [0.1, 0.15) is 12.4 Å². The van der Waals surface area contributed by atoms with Gasteiger partial charge in [-0.05, 0) is 44.0 Å². The molecule has 1 unspecified atom stereocenters. The third-order valence-corrected chi connectivity index (χ3v) is 7.40. The van der Waals surface area contributed by atoms with Gasteiger partial charge in [0, 0.05) is 61.4 Å². The molecule has 4 rings (SSSR count). The van der Waals surface area contributed by atoms with Gasteiger partial charge in [-0.1, -0.05) is 32.0 Å². The van der Waals surface area contributed by atoms with Crippen LogP contribution in [0.3, 0.4) is 0 Å². The van der Waals surface area contributed by atoms with Crippen molar-refractivity contribution in [1.82, 2.24) is 10.2 Å². The number of dihydropyridines is 1. The summed E-state index contributed by atoms with van der Waals surface area (Å²) < 4.78 is 24.5. The first-order valence-electron chi connectivity index (χ1n) is 14.1. The monoisotopic (exact) mass is 580 g/mol. The zero-order valence-corrected chi connectivity index (χ0v) is 24.4. The minimum atomic E-state index is -1.04. The minimum Gasteiger partial charge on any atom is -0.462 e. The lowest BCUT2D eigenvalue weighted by atomic mass is 9.79. The first-order chi connectivity index (χ1) is 20.1. The highest BCUT2D eigenvalue weighted by atomic mass is 19.1.